The molecule has 10 heteroatoms. The predicted octanol–water partition coefficient (Wildman–Crippen LogP) is 3.29. The van der Waals surface area contributed by atoms with E-state index < -0.39 is 5.82 Å². The van der Waals surface area contributed by atoms with Gasteiger partial charge in [-0.3, -0.25) is 14.4 Å². The third kappa shape index (κ3) is 5.58. The Hall–Kier alpha value is -3.63. The van der Waals surface area contributed by atoms with E-state index in [1.807, 2.05) is 51.4 Å². The first-order valence-corrected chi connectivity index (χ1v) is 13.5. The fraction of sp³-hybridized carbons (Fsp3) is 0.448. The molecule has 2 atom stereocenters. The van der Waals surface area contributed by atoms with Crippen LogP contribution in [0.2, 0.25) is 0 Å². The molecule has 1 aliphatic carbocycles. The number of likely N-dealkylation sites (N-methyl/N-ethyl adjacent to an activating group) is 1. The first-order chi connectivity index (χ1) is 18.7. The lowest BCUT2D eigenvalue weighted by molar-refractivity contribution is -0.122. The van der Waals surface area contributed by atoms with Gasteiger partial charge in [0, 0.05) is 62.2 Å². The number of benzene rings is 1. The molecular weight excluding hydrogens is 497 g/mol. The van der Waals surface area contributed by atoms with Crippen molar-refractivity contribution in [3.8, 4) is 5.88 Å². The highest BCUT2D eigenvalue weighted by molar-refractivity contribution is 5.97. The lowest BCUT2D eigenvalue weighted by Gasteiger charge is -2.41. The number of hydrogen-bond donors (Lipinski definition) is 1. The number of halogens is 1. The van der Waals surface area contributed by atoms with Crippen LogP contribution in [0.25, 0.3) is 5.57 Å². The number of carbonyl (C=O) groups excluding carboxylic acids is 1. The van der Waals surface area contributed by atoms with Gasteiger partial charge in [0.2, 0.25) is 11.8 Å². The highest BCUT2D eigenvalue weighted by Gasteiger charge is 2.30. The maximum absolute atomic E-state index is 15.1. The van der Waals surface area contributed by atoms with E-state index >= 15 is 4.39 Å². The minimum Gasteiger partial charge on any atom is -0.477 e. The number of nitrogens with zero attached hydrogens (tertiary/aromatic N) is 6. The van der Waals surface area contributed by atoms with Gasteiger partial charge in [-0.1, -0.05) is 18.2 Å². The van der Waals surface area contributed by atoms with Gasteiger partial charge in [0.05, 0.1) is 18.8 Å². The second-order valence-electron chi connectivity index (χ2n) is 10.4. The molecule has 2 aromatic heterocycles. The molecule has 3 heterocycles. The van der Waals surface area contributed by atoms with Crippen molar-refractivity contribution in [1.29, 1.82) is 0 Å². The molecule has 3 aromatic rings. The van der Waals surface area contributed by atoms with Crippen molar-refractivity contribution < 1.29 is 13.9 Å². The third-order valence-corrected chi connectivity index (χ3v) is 7.54. The predicted molar refractivity (Wildman–Crippen MR) is 148 cm³/mol. The molecule has 1 N–H and O–H groups in total. The van der Waals surface area contributed by atoms with Gasteiger partial charge in [-0.25, -0.2) is 14.4 Å². The minimum atomic E-state index is -0.485. The number of piperazine rings is 1. The summed E-state index contributed by atoms with van der Waals surface area (Å²) in [6.45, 7) is 9.25. The molecule has 39 heavy (non-hydrogen) atoms. The molecule has 0 radical (unpaired) electrons. The highest BCUT2D eigenvalue weighted by Crippen LogP contribution is 2.37. The van der Waals surface area contributed by atoms with E-state index in [-0.39, 0.29) is 17.6 Å². The standard InChI is InChI=1S/C29H36FN7O2/c1-6-39-29-20(17-36(5)34-29)14-26-31-15-24(30)27(33-26)23-11-10-22-21(23)8-7-9-25(22)32-28(38)19(3)37-13-12-35(4)16-18(37)2/h7-9,11,15,17-19H,6,10,12-14,16H2,1-5H3,(H,32,38)/t18-,19-/m1/s1. The van der Waals surface area contributed by atoms with E-state index in [0.717, 1.165) is 42.0 Å². The molecule has 0 saturated carbocycles. The second-order valence-corrected chi connectivity index (χ2v) is 10.4. The average Bonchev–Trinajstić information content (AvgIpc) is 3.48. The zero-order valence-electron chi connectivity index (χ0n) is 23.2. The van der Waals surface area contributed by atoms with Crippen molar-refractivity contribution in [3.63, 3.8) is 0 Å². The number of allylic oxidation sites excluding steroid dienone is 1. The summed E-state index contributed by atoms with van der Waals surface area (Å²) in [7, 11) is 3.93. The summed E-state index contributed by atoms with van der Waals surface area (Å²) >= 11 is 0. The van der Waals surface area contributed by atoms with E-state index in [9.17, 15) is 4.79 Å². The number of nitrogens with one attached hydrogen (secondary N) is 1. The number of fused-ring (bicyclic) bond motifs is 1. The smallest absolute Gasteiger partial charge is 0.241 e. The van der Waals surface area contributed by atoms with Gasteiger partial charge in [-0.15, -0.1) is 5.10 Å². The Kier molecular flexibility index (Phi) is 7.76. The largest absolute Gasteiger partial charge is 0.477 e. The molecule has 0 spiro atoms. The number of rotatable bonds is 8. The van der Waals surface area contributed by atoms with Crippen LogP contribution >= 0.6 is 0 Å². The summed E-state index contributed by atoms with van der Waals surface area (Å²) in [4.78, 5) is 26.6. The van der Waals surface area contributed by atoms with Crippen LogP contribution in [0.1, 0.15) is 49.0 Å². The SMILES string of the molecule is CCOc1nn(C)cc1Cc1ncc(F)c(C2=CCc3c(NC(=O)[C@@H](C)N4CCN(C)C[C@H]4C)cccc32)n1. The van der Waals surface area contributed by atoms with Gasteiger partial charge in [0.1, 0.15) is 11.5 Å². The molecule has 2 aliphatic rings. The van der Waals surface area contributed by atoms with Gasteiger partial charge >= 0.3 is 0 Å². The summed E-state index contributed by atoms with van der Waals surface area (Å²) in [5.41, 5.74) is 4.39. The van der Waals surface area contributed by atoms with Gasteiger partial charge in [0.25, 0.3) is 0 Å². The molecule has 1 aromatic carbocycles. The van der Waals surface area contributed by atoms with Crippen LogP contribution in [0.4, 0.5) is 10.1 Å². The number of carbonyl (C=O) groups is 1. The van der Waals surface area contributed by atoms with Crippen molar-refractivity contribution >= 4 is 17.2 Å². The molecule has 1 amide bonds. The highest BCUT2D eigenvalue weighted by atomic mass is 19.1. The number of anilines is 1. The molecule has 1 saturated heterocycles. The van der Waals surface area contributed by atoms with Gasteiger partial charge in [-0.2, -0.15) is 0 Å². The topological polar surface area (TPSA) is 88.4 Å². The Labute approximate surface area is 228 Å². The molecule has 0 bridgehead atoms. The molecule has 5 rings (SSSR count). The Balaban J connectivity index is 1.36. The number of hydrogen-bond acceptors (Lipinski definition) is 7. The van der Waals surface area contributed by atoms with Crippen LogP contribution in [0.5, 0.6) is 5.88 Å². The average molecular weight is 534 g/mol. The van der Waals surface area contributed by atoms with E-state index in [4.69, 9.17) is 4.74 Å². The van der Waals surface area contributed by atoms with Crippen LogP contribution in [0, 0.1) is 5.82 Å². The maximum Gasteiger partial charge on any atom is 0.241 e. The molecule has 1 aliphatic heterocycles. The van der Waals surface area contributed by atoms with E-state index in [0.29, 0.717) is 42.8 Å². The Morgan fingerprint density at radius 1 is 1.28 bits per heavy atom. The third-order valence-electron chi connectivity index (χ3n) is 7.54. The summed E-state index contributed by atoms with van der Waals surface area (Å²) in [5.74, 6) is 0.487. The number of aromatic nitrogens is 4. The number of aryl methyl sites for hydroxylation is 1. The van der Waals surface area contributed by atoms with E-state index in [1.54, 1.807) is 4.68 Å². The minimum absolute atomic E-state index is 0.0367. The Morgan fingerprint density at radius 2 is 2.10 bits per heavy atom. The molecule has 1 fully saturated rings. The summed E-state index contributed by atoms with van der Waals surface area (Å²) in [6.07, 6.45) is 6.00. The van der Waals surface area contributed by atoms with Crippen LogP contribution < -0.4 is 10.1 Å². The van der Waals surface area contributed by atoms with Crippen LogP contribution in [0.15, 0.2) is 36.7 Å². The fourth-order valence-corrected chi connectivity index (χ4v) is 5.58. The second kappa shape index (κ2) is 11.2. The molecule has 206 valence electrons. The first kappa shape index (κ1) is 27.0. The van der Waals surface area contributed by atoms with Crippen molar-refractivity contribution in [2.75, 3.05) is 38.6 Å². The fourth-order valence-electron chi connectivity index (χ4n) is 5.58. The number of amides is 1. The van der Waals surface area contributed by atoms with Crippen LogP contribution in [-0.4, -0.2) is 80.8 Å². The lowest BCUT2D eigenvalue weighted by Crippen LogP contribution is -2.56. The van der Waals surface area contributed by atoms with E-state index in [1.165, 1.54) is 6.20 Å². The monoisotopic (exact) mass is 533 g/mol. The zero-order chi connectivity index (χ0) is 27.7. The summed E-state index contributed by atoms with van der Waals surface area (Å²) in [5, 5.41) is 7.49. The summed E-state index contributed by atoms with van der Waals surface area (Å²) in [6, 6.07) is 5.79. The Bertz CT molecular complexity index is 1400. The van der Waals surface area contributed by atoms with Crippen molar-refractivity contribution in [2.24, 2.45) is 7.05 Å². The molecule has 0 unspecified atom stereocenters. The van der Waals surface area contributed by atoms with Crippen molar-refractivity contribution in [2.45, 2.75) is 45.7 Å². The quantitative estimate of drug-likeness (QED) is 0.475. The van der Waals surface area contributed by atoms with Gasteiger partial charge in [-0.05, 0) is 51.4 Å². The van der Waals surface area contributed by atoms with E-state index in [2.05, 4.69) is 44.2 Å². The van der Waals surface area contributed by atoms with Gasteiger partial charge in [0.15, 0.2) is 5.82 Å². The first-order valence-electron chi connectivity index (χ1n) is 13.5. The maximum atomic E-state index is 15.1. The molecule has 9 nitrogen and oxygen atoms in total. The lowest BCUT2D eigenvalue weighted by atomic mass is 10.0. The van der Waals surface area contributed by atoms with Crippen LogP contribution in [0.3, 0.4) is 0 Å². The van der Waals surface area contributed by atoms with Crippen LogP contribution in [-0.2, 0) is 24.7 Å². The molecular formula is C29H36FN7O2. The van der Waals surface area contributed by atoms with Gasteiger partial charge < -0.3 is 15.0 Å². The Morgan fingerprint density at radius 3 is 2.87 bits per heavy atom. The summed E-state index contributed by atoms with van der Waals surface area (Å²) < 4.78 is 22.4. The normalized spacial score (nSPS) is 18.5. The van der Waals surface area contributed by atoms with Crippen molar-refractivity contribution in [1.82, 2.24) is 29.5 Å². The van der Waals surface area contributed by atoms with Crippen molar-refractivity contribution in [3.05, 3.63) is 70.7 Å². The number of ether oxygens (including phenoxy) is 1. The zero-order valence-corrected chi connectivity index (χ0v) is 23.2.